The molecule has 2 aromatic carbocycles. The van der Waals surface area contributed by atoms with E-state index in [4.69, 9.17) is 8.83 Å². The first-order chi connectivity index (χ1) is 16.6. The molecule has 9 heteroatoms. The number of hydrogen-bond acceptors (Lipinski definition) is 7. The summed E-state index contributed by atoms with van der Waals surface area (Å²) < 4.78 is 11.4. The number of fused-ring (bicyclic) bond motifs is 1. The first kappa shape index (κ1) is 20.8. The van der Waals surface area contributed by atoms with Crippen LogP contribution in [0.25, 0.3) is 40.0 Å². The predicted molar refractivity (Wildman–Crippen MR) is 126 cm³/mol. The maximum Gasteiger partial charge on any atom is 0.280 e. The summed E-state index contributed by atoms with van der Waals surface area (Å²) in [7, 11) is 0. The number of nitro benzene ring substituents is 1. The van der Waals surface area contributed by atoms with E-state index in [1.807, 2.05) is 0 Å². The first-order valence-electron chi connectivity index (χ1n) is 10.2. The van der Waals surface area contributed by atoms with Gasteiger partial charge in [0, 0.05) is 35.8 Å². The molecule has 0 spiro atoms. The molecule has 0 bridgehead atoms. The molecule has 0 aliphatic heterocycles. The highest BCUT2D eigenvalue weighted by atomic mass is 16.6. The number of anilines is 1. The lowest BCUT2D eigenvalue weighted by atomic mass is 10.1. The molecule has 3 heterocycles. The van der Waals surface area contributed by atoms with E-state index in [-0.39, 0.29) is 11.6 Å². The number of rotatable bonds is 6. The van der Waals surface area contributed by atoms with Crippen LogP contribution in [0.15, 0.2) is 94.0 Å². The van der Waals surface area contributed by atoms with E-state index < -0.39 is 4.92 Å². The van der Waals surface area contributed by atoms with Crippen LogP contribution in [0.1, 0.15) is 5.76 Å². The van der Waals surface area contributed by atoms with E-state index in [2.05, 4.69) is 15.3 Å². The van der Waals surface area contributed by atoms with Crippen LogP contribution in [0.2, 0.25) is 0 Å². The fourth-order valence-corrected chi connectivity index (χ4v) is 3.39. The summed E-state index contributed by atoms with van der Waals surface area (Å²) >= 11 is 0. The number of pyridine rings is 1. The van der Waals surface area contributed by atoms with Crippen molar-refractivity contribution >= 4 is 34.5 Å². The van der Waals surface area contributed by atoms with Crippen molar-refractivity contribution in [1.29, 1.82) is 0 Å². The standard InChI is InChI=1S/C25H16N4O5/c30-24(10-7-18-6-9-22(33-18)19-3-1-2-4-21(19)29(31)32)27-17-5-8-23-20(15-17)28-25(34-23)16-11-13-26-14-12-16/h1-15H,(H,27,30)/b10-7+. The van der Waals surface area contributed by atoms with Crippen molar-refractivity contribution in [2.45, 2.75) is 0 Å². The minimum atomic E-state index is -0.466. The molecule has 1 amide bonds. The predicted octanol–water partition coefficient (Wildman–Crippen LogP) is 5.71. The maximum absolute atomic E-state index is 12.4. The van der Waals surface area contributed by atoms with Gasteiger partial charge in [-0.2, -0.15) is 0 Å². The lowest BCUT2D eigenvalue weighted by Gasteiger charge is -2.01. The van der Waals surface area contributed by atoms with Crippen molar-refractivity contribution in [3.8, 4) is 22.8 Å². The van der Waals surface area contributed by atoms with Crippen molar-refractivity contribution in [3.63, 3.8) is 0 Å². The van der Waals surface area contributed by atoms with E-state index >= 15 is 0 Å². The zero-order chi connectivity index (χ0) is 23.5. The molecular weight excluding hydrogens is 436 g/mol. The van der Waals surface area contributed by atoms with E-state index in [0.29, 0.717) is 39.8 Å². The zero-order valence-corrected chi connectivity index (χ0v) is 17.5. The normalized spacial score (nSPS) is 11.2. The Morgan fingerprint density at radius 1 is 1.00 bits per heavy atom. The molecule has 0 aliphatic rings. The van der Waals surface area contributed by atoms with Crippen molar-refractivity contribution in [3.05, 3.63) is 101 Å². The van der Waals surface area contributed by atoms with Crippen molar-refractivity contribution in [2.24, 2.45) is 0 Å². The van der Waals surface area contributed by atoms with Gasteiger partial charge in [0.25, 0.3) is 5.69 Å². The van der Waals surface area contributed by atoms with Crippen molar-refractivity contribution < 1.29 is 18.6 Å². The van der Waals surface area contributed by atoms with Gasteiger partial charge in [0.15, 0.2) is 5.58 Å². The van der Waals surface area contributed by atoms with Crippen LogP contribution in [0, 0.1) is 10.1 Å². The van der Waals surface area contributed by atoms with Crippen molar-refractivity contribution in [1.82, 2.24) is 9.97 Å². The molecule has 0 fully saturated rings. The van der Waals surface area contributed by atoms with Gasteiger partial charge in [0.1, 0.15) is 17.0 Å². The summed E-state index contributed by atoms with van der Waals surface area (Å²) in [5.74, 6) is 0.819. The number of carbonyl (C=O) groups excluding carboxylic acids is 1. The maximum atomic E-state index is 12.4. The lowest BCUT2D eigenvalue weighted by Crippen LogP contribution is -2.07. The Balaban J connectivity index is 1.29. The molecule has 0 saturated heterocycles. The highest BCUT2D eigenvalue weighted by Crippen LogP contribution is 2.31. The van der Waals surface area contributed by atoms with Gasteiger partial charge >= 0.3 is 0 Å². The quantitative estimate of drug-likeness (QED) is 0.199. The van der Waals surface area contributed by atoms with E-state index in [1.54, 1.807) is 73.1 Å². The number of aromatic nitrogens is 2. The van der Waals surface area contributed by atoms with Gasteiger partial charge in [-0.15, -0.1) is 0 Å². The fraction of sp³-hybridized carbons (Fsp3) is 0. The number of nitrogens with one attached hydrogen (secondary N) is 1. The second-order valence-corrected chi connectivity index (χ2v) is 7.24. The molecule has 0 unspecified atom stereocenters. The Bertz CT molecular complexity index is 1540. The minimum Gasteiger partial charge on any atom is -0.456 e. The third-order valence-corrected chi connectivity index (χ3v) is 4.97. The van der Waals surface area contributed by atoms with Crippen LogP contribution in [-0.4, -0.2) is 20.8 Å². The Morgan fingerprint density at radius 3 is 2.65 bits per heavy atom. The molecule has 9 nitrogen and oxygen atoms in total. The second-order valence-electron chi connectivity index (χ2n) is 7.24. The summed E-state index contributed by atoms with van der Waals surface area (Å²) in [6.07, 6.45) is 6.12. The van der Waals surface area contributed by atoms with E-state index in [1.165, 1.54) is 18.2 Å². The van der Waals surface area contributed by atoms with Crippen LogP contribution in [0.5, 0.6) is 0 Å². The summed E-state index contributed by atoms with van der Waals surface area (Å²) in [5, 5.41) is 14.0. The molecule has 0 radical (unpaired) electrons. The average molecular weight is 452 g/mol. The second kappa shape index (κ2) is 8.83. The van der Waals surface area contributed by atoms with Crippen molar-refractivity contribution in [2.75, 3.05) is 5.32 Å². The van der Waals surface area contributed by atoms with Gasteiger partial charge in [-0.05, 0) is 54.6 Å². The van der Waals surface area contributed by atoms with Crippen LogP contribution >= 0.6 is 0 Å². The van der Waals surface area contributed by atoms with Gasteiger partial charge in [-0.25, -0.2) is 4.98 Å². The first-order valence-corrected chi connectivity index (χ1v) is 10.2. The SMILES string of the molecule is O=C(/C=C/c1ccc(-c2ccccc2[N+](=O)[O-])o1)Nc1ccc2oc(-c3ccncc3)nc2c1. The summed E-state index contributed by atoms with van der Waals surface area (Å²) in [6.45, 7) is 0. The molecule has 1 N–H and O–H groups in total. The molecule has 0 atom stereocenters. The third-order valence-electron chi connectivity index (χ3n) is 4.97. The molecule has 0 aliphatic carbocycles. The molecule has 5 aromatic rings. The highest BCUT2D eigenvalue weighted by molar-refractivity contribution is 6.02. The number of hydrogen-bond donors (Lipinski definition) is 1. The Hall–Kier alpha value is -5.05. The van der Waals surface area contributed by atoms with Gasteiger partial charge in [-0.1, -0.05) is 12.1 Å². The van der Waals surface area contributed by atoms with Crippen LogP contribution < -0.4 is 5.32 Å². The van der Waals surface area contributed by atoms with E-state index in [0.717, 1.165) is 5.56 Å². The number of nitro groups is 1. The summed E-state index contributed by atoms with van der Waals surface area (Å²) in [4.78, 5) is 31.6. The summed E-state index contributed by atoms with van der Waals surface area (Å²) in [6, 6.07) is 18.3. The zero-order valence-electron chi connectivity index (χ0n) is 17.5. The number of benzene rings is 2. The fourth-order valence-electron chi connectivity index (χ4n) is 3.39. The molecule has 5 rings (SSSR count). The topological polar surface area (TPSA) is 124 Å². The van der Waals surface area contributed by atoms with Gasteiger partial charge in [0.05, 0.1) is 10.5 Å². The highest BCUT2D eigenvalue weighted by Gasteiger charge is 2.16. The Labute approximate surface area is 192 Å². The van der Waals surface area contributed by atoms with Crippen LogP contribution in [0.3, 0.4) is 0 Å². The molecule has 0 saturated carbocycles. The number of oxazole rings is 1. The lowest BCUT2D eigenvalue weighted by molar-refractivity contribution is -0.384. The van der Waals surface area contributed by atoms with E-state index in [9.17, 15) is 14.9 Å². The number of nitrogens with zero attached hydrogens (tertiary/aromatic N) is 3. The average Bonchev–Trinajstić information content (AvgIpc) is 3.50. The number of carbonyl (C=O) groups is 1. The van der Waals surface area contributed by atoms with Gasteiger partial charge in [0.2, 0.25) is 11.8 Å². The third kappa shape index (κ3) is 4.30. The molecule has 34 heavy (non-hydrogen) atoms. The van der Waals surface area contributed by atoms with Gasteiger partial charge in [-0.3, -0.25) is 19.9 Å². The molecule has 3 aromatic heterocycles. The summed E-state index contributed by atoms with van der Waals surface area (Å²) in [5.41, 5.74) is 2.87. The number of para-hydroxylation sites is 1. The van der Waals surface area contributed by atoms with Crippen LogP contribution in [-0.2, 0) is 4.79 Å². The number of amides is 1. The monoisotopic (exact) mass is 452 g/mol. The van der Waals surface area contributed by atoms with Gasteiger partial charge < -0.3 is 14.2 Å². The Kier molecular flexibility index (Phi) is 5.41. The minimum absolute atomic E-state index is 0.0551. The molecule has 166 valence electrons. The largest absolute Gasteiger partial charge is 0.456 e. The number of furan rings is 1. The smallest absolute Gasteiger partial charge is 0.280 e. The molecular formula is C25H16N4O5. The van der Waals surface area contributed by atoms with Crippen LogP contribution in [0.4, 0.5) is 11.4 Å². The Morgan fingerprint density at radius 2 is 1.82 bits per heavy atom.